The molecule has 3 aromatic heterocycles. The number of rotatable bonds is 4. The number of hydrogen-bond acceptors (Lipinski definition) is 5. The van der Waals surface area contributed by atoms with Crippen molar-refractivity contribution in [3.8, 4) is 17.3 Å². The fraction of sp³-hybridized carbons (Fsp3) is 0.421. The van der Waals surface area contributed by atoms with Crippen molar-refractivity contribution in [2.45, 2.75) is 45.1 Å². The molecule has 3 heterocycles. The largest absolute Gasteiger partial charge is 0.274 e. The van der Waals surface area contributed by atoms with Crippen molar-refractivity contribution in [3.63, 3.8) is 0 Å². The van der Waals surface area contributed by atoms with Crippen LogP contribution in [-0.2, 0) is 0 Å². The van der Waals surface area contributed by atoms with Gasteiger partial charge in [-0.2, -0.15) is 10.4 Å². The second kappa shape index (κ2) is 6.71. The first-order valence-electron chi connectivity index (χ1n) is 8.93. The molecule has 7 heteroatoms. The Morgan fingerprint density at radius 3 is 2.92 bits per heavy atom. The summed E-state index contributed by atoms with van der Waals surface area (Å²) >= 11 is 0. The van der Waals surface area contributed by atoms with Crippen molar-refractivity contribution >= 4 is 16.9 Å². The Labute approximate surface area is 151 Å². The minimum Gasteiger partial charge on any atom is -0.274 e. The Kier molecular flexibility index (Phi) is 4.25. The minimum atomic E-state index is -0.0873. The molecule has 1 aliphatic carbocycles. The molecule has 0 unspecified atom stereocenters. The van der Waals surface area contributed by atoms with Crippen molar-refractivity contribution in [1.29, 1.82) is 5.26 Å². The van der Waals surface area contributed by atoms with Crippen LogP contribution in [0.25, 0.3) is 22.3 Å². The second-order valence-electron chi connectivity index (χ2n) is 6.85. The number of nitrogens with zero attached hydrogens (tertiary/aromatic N) is 6. The lowest BCUT2D eigenvalue weighted by Gasteiger charge is -2.21. The summed E-state index contributed by atoms with van der Waals surface area (Å²) in [4.78, 5) is 20.4. The average molecular weight is 348 g/mol. The van der Waals surface area contributed by atoms with Crippen molar-refractivity contribution < 1.29 is 4.79 Å². The molecule has 132 valence electrons. The monoisotopic (exact) mass is 348 g/mol. The lowest BCUT2D eigenvalue weighted by atomic mass is 9.96. The minimum absolute atomic E-state index is 0.0873. The van der Waals surface area contributed by atoms with Gasteiger partial charge in [-0.15, -0.1) is 0 Å². The lowest BCUT2D eigenvalue weighted by Crippen LogP contribution is -2.17. The molecule has 0 amide bonds. The standard InChI is InChI=1S/C19H20N6O/c1-13(26)24-9-7-16-18(21-12-22-19(16)24)15-10-23-25(11-15)17(6-8-20)14-4-2-3-5-14/h7,9-12,14,17H,2-6H2,1H3/t17-/m1/s1. The number of carbonyl (C=O) groups is 1. The van der Waals surface area contributed by atoms with E-state index in [2.05, 4.69) is 21.1 Å². The van der Waals surface area contributed by atoms with E-state index >= 15 is 0 Å². The zero-order chi connectivity index (χ0) is 18.1. The van der Waals surface area contributed by atoms with Gasteiger partial charge in [0, 0.05) is 30.3 Å². The first kappa shape index (κ1) is 16.5. The summed E-state index contributed by atoms with van der Waals surface area (Å²) in [6.45, 7) is 1.51. The number of fused-ring (bicyclic) bond motifs is 1. The lowest BCUT2D eigenvalue weighted by molar-refractivity contribution is 0.0941. The maximum Gasteiger partial charge on any atom is 0.229 e. The van der Waals surface area contributed by atoms with Crippen LogP contribution in [0.2, 0.25) is 0 Å². The molecule has 0 bridgehead atoms. The van der Waals surface area contributed by atoms with Gasteiger partial charge in [0.1, 0.15) is 6.33 Å². The molecule has 1 aliphatic rings. The highest BCUT2D eigenvalue weighted by Crippen LogP contribution is 2.36. The molecule has 3 aromatic rings. The number of nitriles is 1. The average Bonchev–Trinajstić information content (AvgIpc) is 3.39. The third-order valence-electron chi connectivity index (χ3n) is 5.28. The summed E-state index contributed by atoms with van der Waals surface area (Å²) in [6.07, 6.45) is 12.2. The van der Waals surface area contributed by atoms with Crippen LogP contribution >= 0.6 is 0 Å². The molecule has 4 rings (SSSR count). The van der Waals surface area contributed by atoms with E-state index in [1.807, 2.05) is 16.9 Å². The fourth-order valence-electron chi connectivity index (χ4n) is 3.99. The van der Waals surface area contributed by atoms with Gasteiger partial charge in [-0.25, -0.2) is 9.97 Å². The van der Waals surface area contributed by atoms with E-state index in [4.69, 9.17) is 0 Å². The molecule has 0 saturated heterocycles. The highest BCUT2D eigenvalue weighted by Gasteiger charge is 2.27. The summed E-state index contributed by atoms with van der Waals surface area (Å²) < 4.78 is 3.44. The Balaban J connectivity index is 1.73. The first-order valence-corrected chi connectivity index (χ1v) is 8.93. The molecule has 1 saturated carbocycles. The summed E-state index contributed by atoms with van der Waals surface area (Å²) in [5.74, 6) is 0.419. The van der Waals surface area contributed by atoms with Gasteiger partial charge in [-0.1, -0.05) is 12.8 Å². The molecule has 26 heavy (non-hydrogen) atoms. The van der Waals surface area contributed by atoms with Gasteiger partial charge in [-0.3, -0.25) is 14.0 Å². The van der Waals surface area contributed by atoms with E-state index in [-0.39, 0.29) is 11.9 Å². The summed E-state index contributed by atoms with van der Waals surface area (Å²) in [5, 5.41) is 14.6. The van der Waals surface area contributed by atoms with Crippen molar-refractivity contribution in [1.82, 2.24) is 24.3 Å². The summed E-state index contributed by atoms with van der Waals surface area (Å²) in [5.41, 5.74) is 2.22. The molecule has 1 atom stereocenters. The van der Waals surface area contributed by atoms with Crippen LogP contribution in [0.1, 0.15) is 49.9 Å². The van der Waals surface area contributed by atoms with E-state index in [0.717, 1.165) is 29.5 Å². The third-order valence-corrected chi connectivity index (χ3v) is 5.28. The second-order valence-corrected chi connectivity index (χ2v) is 6.85. The van der Waals surface area contributed by atoms with E-state index in [0.29, 0.717) is 18.0 Å². The Hall–Kier alpha value is -3.01. The Morgan fingerprint density at radius 2 is 2.19 bits per heavy atom. The van der Waals surface area contributed by atoms with Gasteiger partial charge in [0.2, 0.25) is 5.91 Å². The molecule has 0 radical (unpaired) electrons. The SMILES string of the molecule is CC(=O)n1ccc2c(-c3cnn([C@H](CC#N)C4CCCC4)c3)ncnc21. The molecule has 1 fully saturated rings. The van der Waals surface area contributed by atoms with Crippen LogP contribution in [0.3, 0.4) is 0 Å². The van der Waals surface area contributed by atoms with Crippen LogP contribution in [0.15, 0.2) is 31.0 Å². The Bertz CT molecular complexity index is 989. The molecular formula is C19H20N6O. The van der Waals surface area contributed by atoms with Crippen molar-refractivity contribution in [3.05, 3.63) is 31.0 Å². The maximum absolute atomic E-state index is 11.7. The molecule has 0 aromatic carbocycles. The van der Waals surface area contributed by atoms with Gasteiger partial charge in [0.25, 0.3) is 0 Å². The number of carbonyl (C=O) groups excluding carboxylic acids is 1. The van der Waals surface area contributed by atoms with E-state index < -0.39 is 0 Å². The molecule has 7 nitrogen and oxygen atoms in total. The van der Waals surface area contributed by atoms with Crippen LogP contribution < -0.4 is 0 Å². The predicted molar refractivity (Wildman–Crippen MR) is 96.3 cm³/mol. The quantitative estimate of drug-likeness (QED) is 0.718. The van der Waals surface area contributed by atoms with Crippen LogP contribution in [0.5, 0.6) is 0 Å². The molecule has 0 N–H and O–H groups in total. The highest BCUT2D eigenvalue weighted by molar-refractivity contribution is 5.96. The van der Waals surface area contributed by atoms with Crippen molar-refractivity contribution in [2.75, 3.05) is 0 Å². The molecule has 0 spiro atoms. The van der Waals surface area contributed by atoms with E-state index in [1.165, 1.54) is 30.7 Å². The van der Waals surface area contributed by atoms with Gasteiger partial charge in [0.15, 0.2) is 5.65 Å². The van der Waals surface area contributed by atoms with Gasteiger partial charge in [-0.05, 0) is 24.8 Å². The zero-order valence-electron chi connectivity index (χ0n) is 14.7. The molecular weight excluding hydrogens is 328 g/mol. The number of aromatic nitrogens is 5. The van der Waals surface area contributed by atoms with Gasteiger partial charge >= 0.3 is 0 Å². The topological polar surface area (TPSA) is 89.4 Å². The van der Waals surface area contributed by atoms with Crippen LogP contribution in [0.4, 0.5) is 0 Å². The molecule has 0 aliphatic heterocycles. The Morgan fingerprint density at radius 1 is 1.38 bits per heavy atom. The van der Waals surface area contributed by atoms with Gasteiger partial charge < -0.3 is 0 Å². The maximum atomic E-state index is 11.7. The van der Waals surface area contributed by atoms with E-state index in [9.17, 15) is 10.1 Å². The summed E-state index contributed by atoms with van der Waals surface area (Å²) in [6, 6.07) is 4.27. The smallest absolute Gasteiger partial charge is 0.229 e. The summed E-state index contributed by atoms with van der Waals surface area (Å²) in [7, 11) is 0. The first-order chi connectivity index (χ1) is 12.7. The van der Waals surface area contributed by atoms with Gasteiger partial charge in [0.05, 0.1) is 30.4 Å². The van der Waals surface area contributed by atoms with Crippen molar-refractivity contribution in [2.24, 2.45) is 5.92 Å². The number of hydrogen-bond donors (Lipinski definition) is 0. The third kappa shape index (κ3) is 2.77. The fourth-order valence-corrected chi connectivity index (χ4v) is 3.99. The predicted octanol–water partition coefficient (Wildman–Crippen LogP) is 3.60. The normalized spacial score (nSPS) is 16.0. The zero-order valence-corrected chi connectivity index (χ0v) is 14.7. The van der Waals surface area contributed by atoms with Crippen LogP contribution in [0, 0.1) is 17.2 Å². The highest BCUT2D eigenvalue weighted by atomic mass is 16.1. The van der Waals surface area contributed by atoms with Crippen LogP contribution in [-0.4, -0.2) is 30.2 Å². The van der Waals surface area contributed by atoms with E-state index in [1.54, 1.807) is 12.4 Å².